The summed E-state index contributed by atoms with van der Waals surface area (Å²) >= 11 is 0. The molecule has 1 aromatic heterocycles. The topological polar surface area (TPSA) is 74.3 Å². The summed E-state index contributed by atoms with van der Waals surface area (Å²) in [6, 6.07) is 3.86. The van der Waals surface area contributed by atoms with Crippen LogP contribution in [0.2, 0.25) is 0 Å². The molecule has 2 fully saturated rings. The zero-order chi connectivity index (χ0) is 16.7. The number of hydrogen-bond donors (Lipinski definition) is 2. The van der Waals surface area contributed by atoms with Crippen LogP contribution in [0.1, 0.15) is 45.2 Å². The van der Waals surface area contributed by atoms with E-state index in [9.17, 15) is 9.59 Å². The number of urea groups is 1. The van der Waals surface area contributed by atoms with Gasteiger partial charge in [0.25, 0.3) is 0 Å². The summed E-state index contributed by atoms with van der Waals surface area (Å²) in [6.07, 6.45) is 4.85. The maximum atomic E-state index is 12.6. The lowest BCUT2D eigenvalue weighted by Crippen LogP contribution is -2.61. The summed E-state index contributed by atoms with van der Waals surface area (Å²) in [5, 5.41) is 5.91. The number of aromatic nitrogens is 1. The Morgan fingerprint density at radius 1 is 1.48 bits per heavy atom. The lowest BCUT2D eigenvalue weighted by Gasteiger charge is -2.54. The number of hydrogen-bond acceptors (Lipinski definition) is 3. The van der Waals surface area contributed by atoms with Crippen molar-refractivity contribution in [1.29, 1.82) is 0 Å². The van der Waals surface area contributed by atoms with Gasteiger partial charge in [-0.2, -0.15) is 0 Å². The van der Waals surface area contributed by atoms with Crippen molar-refractivity contribution in [3.8, 4) is 0 Å². The van der Waals surface area contributed by atoms with Crippen LogP contribution in [0.5, 0.6) is 0 Å². The number of likely N-dealkylation sites (tertiary alicyclic amines) is 1. The van der Waals surface area contributed by atoms with Gasteiger partial charge in [-0.05, 0) is 25.0 Å². The number of rotatable bonds is 3. The van der Waals surface area contributed by atoms with Gasteiger partial charge in [0.2, 0.25) is 5.91 Å². The van der Waals surface area contributed by atoms with E-state index in [2.05, 4.69) is 29.5 Å². The van der Waals surface area contributed by atoms with E-state index in [1.807, 2.05) is 30.2 Å². The van der Waals surface area contributed by atoms with E-state index in [0.29, 0.717) is 19.5 Å². The van der Waals surface area contributed by atoms with Crippen molar-refractivity contribution in [2.45, 2.75) is 45.2 Å². The number of nitrogens with one attached hydrogen (secondary N) is 2. The molecule has 2 atom stereocenters. The van der Waals surface area contributed by atoms with Crippen LogP contribution >= 0.6 is 0 Å². The Morgan fingerprint density at radius 2 is 2.26 bits per heavy atom. The standard InChI is InChI=1S/C17H24N4O2/c1-16(2)11-21(14(16)12-5-4-8-18-9-12)15(23)19-10-17(3)7-6-13(22)20-17/h4-5,8-9,14H,6-7,10-11H2,1-3H3,(H,19,23)(H,20,22). The predicted molar refractivity (Wildman–Crippen MR) is 86.6 cm³/mol. The molecule has 0 spiro atoms. The Balaban J connectivity index is 1.64. The van der Waals surface area contributed by atoms with Gasteiger partial charge in [-0.1, -0.05) is 19.9 Å². The van der Waals surface area contributed by atoms with Gasteiger partial charge in [-0.3, -0.25) is 9.78 Å². The molecule has 2 aliphatic rings. The fourth-order valence-corrected chi connectivity index (χ4v) is 3.64. The summed E-state index contributed by atoms with van der Waals surface area (Å²) in [4.78, 5) is 30.0. The van der Waals surface area contributed by atoms with Crippen LogP contribution in [0.4, 0.5) is 4.79 Å². The van der Waals surface area contributed by atoms with Crippen molar-refractivity contribution < 1.29 is 9.59 Å². The molecule has 0 aliphatic carbocycles. The Morgan fingerprint density at radius 3 is 2.83 bits per heavy atom. The van der Waals surface area contributed by atoms with Gasteiger partial charge in [0.15, 0.2) is 0 Å². The minimum atomic E-state index is -0.336. The van der Waals surface area contributed by atoms with E-state index in [0.717, 1.165) is 12.0 Å². The van der Waals surface area contributed by atoms with Gasteiger partial charge < -0.3 is 15.5 Å². The van der Waals surface area contributed by atoms with Crippen molar-refractivity contribution in [1.82, 2.24) is 20.5 Å². The number of carbonyl (C=O) groups is 2. The molecule has 6 nitrogen and oxygen atoms in total. The second kappa shape index (κ2) is 5.51. The highest BCUT2D eigenvalue weighted by Crippen LogP contribution is 2.47. The second-order valence-electron chi connectivity index (χ2n) is 7.57. The average Bonchev–Trinajstić information content (AvgIpc) is 2.84. The molecule has 2 saturated heterocycles. The van der Waals surface area contributed by atoms with Gasteiger partial charge >= 0.3 is 6.03 Å². The van der Waals surface area contributed by atoms with Crippen LogP contribution in [0.25, 0.3) is 0 Å². The normalized spacial score (nSPS) is 28.9. The van der Waals surface area contributed by atoms with E-state index in [1.54, 1.807) is 6.20 Å². The molecule has 1 aromatic rings. The van der Waals surface area contributed by atoms with Crippen LogP contribution < -0.4 is 10.6 Å². The molecule has 2 unspecified atom stereocenters. The molecule has 3 rings (SSSR count). The highest BCUT2D eigenvalue weighted by molar-refractivity contribution is 5.80. The largest absolute Gasteiger partial charge is 0.349 e. The molecular formula is C17H24N4O2. The first-order valence-electron chi connectivity index (χ1n) is 8.06. The Hall–Kier alpha value is -2.11. The molecule has 0 radical (unpaired) electrons. The number of carbonyl (C=O) groups excluding carboxylic acids is 2. The van der Waals surface area contributed by atoms with Crippen molar-refractivity contribution >= 4 is 11.9 Å². The van der Waals surface area contributed by atoms with Crippen LogP contribution in [0, 0.1) is 5.41 Å². The van der Waals surface area contributed by atoms with E-state index in [-0.39, 0.29) is 28.9 Å². The molecule has 0 aromatic carbocycles. The molecule has 6 heteroatoms. The third-order valence-electron chi connectivity index (χ3n) is 4.87. The zero-order valence-electron chi connectivity index (χ0n) is 13.9. The number of nitrogens with zero attached hydrogens (tertiary/aromatic N) is 2. The molecule has 2 N–H and O–H groups in total. The smallest absolute Gasteiger partial charge is 0.318 e. The average molecular weight is 316 g/mol. The van der Waals surface area contributed by atoms with Gasteiger partial charge in [0.1, 0.15) is 0 Å². The highest BCUT2D eigenvalue weighted by Gasteiger charge is 2.49. The molecular weight excluding hydrogens is 292 g/mol. The van der Waals surface area contributed by atoms with Crippen LogP contribution in [0.15, 0.2) is 24.5 Å². The number of amides is 3. The fraction of sp³-hybridized carbons (Fsp3) is 0.588. The lowest BCUT2D eigenvalue weighted by atomic mass is 9.72. The molecule has 3 heterocycles. The van der Waals surface area contributed by atoms with E-state index in [1.165, 1.54) is 0 Å². The summed E-state index contributed by atoms with van der Waals surface area (Å²) < 4.78 is 0. The van der Waals surface area contributed by atoms with Gasteiger partial charge in [0.05, 0.1) is 11.6 Å². The zero-order valence-corrected chi connectivity index (χ0v) is 13.9. The third-order valence-corrected chi connectivity index (χ3v) is 4.87. The Kier molecular flexibility index (Phi) is 3.78. The monoisotopic (exact) mass is 316 g/mol. The Bertz CT molecular complexity index is 616. The predicted octanol–water partition coefficient (Wildman–Crippen LogP) is 1.84. The second-order valence-corrected chi connectivity index (χ2v) is 7.57. The van der Waals surface area contributed by atoms with Crippen LogP contribution in [-0.4, -0.2) is 40.5 Å². The summed E-state index contributed by atoms with van der Waals surface area (Å²) in [7, 11) is 0. The first-order chi connectivity index (χ1) is 10.8. The van der Waals surface area contributed by atoms with Crippen molar-refractivity contribution in [3.63, 3.8) is 0 Å². The van der Waals surface area contributed by atoms with Gasteiger partial charge in [-0.25, -0.2) is 4.79 Å². The molecule has 3 amide bonds. The van der Waals surface area contributed by atoms with E-state index in [4.69, 9.17) is 0 Å². The molecule has 2 aliphatic heterocycles. The van der Waals surface area contributed by atoms with E-state index >= 15 is 0 Å². The Labute approximate surface area is 136 Å². The van der Waals surface area contributed by atoms with Crippen molar-refractivity contribution in [2.24, 2.45) is 5.41 Å². The van der Waals surface area contributed by atoms with Crippen LogP contribution in [0.3, 0.4) is 0 Å². The highest BCUT2D eigenvalue weighted by atomic mass is 16.2. The SMILES string of the molecule is CC1(CNC(=O)N2CC(C)(C)C2c2cccnc2)CCC(=O)N1. The molecule has 0 bridgehead atoms. The lowest BCUT2D eigenvalue weighted by molar-refractivity contribution is -0.119. The van der Waals surface area contributed by atoms with Crippen molar-refractivity contribution in [3.05, 3.63) is 30.1 Å². The van der Waals surface area contributed by atoms with E-state index < -0.39 is 0 Å². The molecule has 23 heavy (non-hydrogen) atoms. The van der Waals surface area contributed by atoms with Crippen LogP contribution in [-0.2, 0) is 4.79 Å². The molecule has 0 saturated carbocycles. The summed E-state index contributed by atoms with van der Waals surface area (Å²) in [5.41, 5.74) is 0.752. The summed E-state index contributed by atoms with van der Waals surface area (Å²) in [5.74, 6) is 0.0556. The minimum Gasteiger partial charge on any atom is -0.349 e. The van der Waals surface area contributed by atoms with Gasteiger partial charge in [-0.15, -0.1) is 0 Å². The maximum absolute atomic E-state index is 12.6. The van der Waals surface area contributed by atoms with Crippen molar-refractivity contribution in [2.75, 3.05) is 13.1 Å². The number of pyridine rings is 1. The summed E-state index contributed by atoms with van der Waals surface area (Å²) in [6.45, 7) is 7.45. The molecule has 124 valence electrons. The maximum Gasteiger partial charge on any atom is 0.318 e. The van der Waals surface area contributed by atoms with Gasteiger partial charge in [0, 0.05) is 37.3 Å². The third kappa shape index (κ3) is 3.02. The quantitative estimate of drug-likeness (QED) is 0.893. The first kappa shape index (κ1) is 15.8. The fourth-order valence-electron chi connectivity index (χ4n) is 3.64. The minimum absolute atomic E-state index is 0.0298. The first-order valence-corrected chi connectivity index (χ1v) is 8.06.